The van der Waals surface area contributed by atoms with E-state index < -0.39 is 0 Å². The van der Waals surface area contributed by atoms with Crippen LogP contribution in [0.5, 0.6) is 5.75 Å². The van der Waals surface area contributed by atoms with Gasteiger partial charge in [-0.25, -0.2) is 0 Å². The number of aryl methyl sites for hydroxylation is 1. The molecule has 3 rings (SSSR count). The number of nitrogens with one attached hydrogen (secondary N) is 1. The summed E-state index contributed by atoms with van der Waals surface area (Å²) in [7, 11) is 1.63. The number of thioether (sulfide) groups is 1. The van der Waals surface area contributed by atoms with Crippen LogP contribution in [-0.2, 0) is 12.2 Å². The number of fused-ring (bicyclic) bond motifs is 3. The van der Waals surface area contributed by atoms with Gasteiger partial charge in [-0.2, -0.15) is 11.8 Å². The molecule has 88 valence electrons. The predicted octanol–water partition coefficient (Wildman–Crippen LogP) is 2.33. The number of H-pyrrole nitrogens is 1. The second kappa shape index (κ2) is 4.11. The summed E-state index contributed by atoms with van der Waals surface area (Å²) in [5, 5.41) is 1.15. The zero-order valence-electron chi connectivity index (χ0n) is 9.58. The van der Waals surface area contributed by atoms with E-state index in [1.54, 1.807) is 7.11 Å². The van der Waals surface area contributed by atoms with Gasteiger partial charge in [0.05, 0.1) is 12.6 Å². The molecule has 0 radical (unpaired) electrons. The topological polar surface area (TPSA) is 42.1 Å². The van der Waals surface area contributed by atoms with E-state index in [0.29, 0.717) is 0 Å². The van der Waals surface area contributed by atoms with E-state index in [2.05, 4.69) is 4.98 Å². The standard InChI is InChI=1S/C13H13NO2S/c1-16-8-2-3-10-9-4-5-17-7-11(9)13(15)14-12(10)6-8/h2-3,6H,4-5,7H2,1H3,(H,14,15). The van der Waals surface area contributed by atoms with E-state index in [0.717, 1.165) is 40.1 Å². The second-order valence-electron chi connectivity index (χ2n) is 4.13. The van der Waals surface area contributed by atoms with Gasteiger partial charge in [0, 0.05) is 22.8 Å². The third-order valence-corrected chi connectivity index (χ3v) is 4.17. The molecule has 1 aromatic carbocycles. The molecule has 1 aliphatic heterocycles. The first-order valence-corrected chi connectivity index (χ1v) is 6.74. The predicted molar refractivity (Wildman–Crippen MR) is 71.0 cm³/mol. The number of rotatable bonds is 1. The summed E-state index contributed by atoms with van der Waals surface area (Å²) in [5.41, 5.74) is 3.08. The number of pyridine rings is 1. The van der Waals surface area contributed by atoms with Gasteiger partial charge in [0.2, 0.25) is 0 Å². The van der Waals surface area contributed by atoms with Gasteiger partial charge in [0.15, 0.2) is 0 Å². The smallest absolute Gasteiger partial charge is 0.252 e. The minimum atomic E-state index is 0.0490. The van der Waals surface area contributed by atoms with Crippen molar-refractivity contribution in [2.24, 2.45) is 0 Å². The normalized spacial score (nSPS) is 14.6. The third kappa shape index (κ3) is 1.72. The molecule has 0 saturated heterocycles. The van der Waals surface area contributed by atoms with Crippen LogP contribution >= 0.6 is 11.8 Å². The lowest BCUT2D eigenvalue weighted by molar-refractivity contribution is 0.415. The van der Waals surface area contributed by atoms with E-state index >= 15 is 0 Å². The lowest BCUT2D eigenvalue weighted by Crippen LogP contribution is -2.18. The molecule has 2 aromatic rings. The quantitative estimate of drug-likeness (QED) is 0.841. The summed E-state index contributed by atoms with van der Waals surface area (Å²) < 4.78 is 5.18. The number of hydrogen-bond acceptors (Lipinski definition) is 3. The average Bonchev–Trinajstić information content (AvgIpc) is 2.38. The second-order valence-corrected chi connectivity index (χ2v) is 5.23. The minimum Gasteiger partial charge on any atom is -0.497 e. The van der Waals surface area contributed by atoms with E-state index in [9.17, 15) is 4.79 Å². The van der Waals surface area contributed by atoms with Crippen LogP contribution in [0.4, 0.5) is 0 Å². The number of aromatic nitrogens is 1. The van der Waals surface area contributed by atoms with Gasteiger partial charge in [-0.05, 0) is 29.9 Å². The van der Waals surface area contributed by atoms with Gasteiger partial charge in [-0.1, -0.05) is 0 Å². The Hall–Kier alpha value is -1.42. The maximum absolute atomic E-state index is 12.0. The summed E-state index contributed by atoms with van der Waals surface area (Å²) in [4.78, 5) is 14.9. The number of hydrogen-bond donors (Lipinski definition) is 1. The van der Waals surface area contributed by atoms with Crippen molar-refractivity contribution in [1.29, 1.82) is 0 Å². The van der Waals surface area contributed by atoms with Gasteiger partial charge in [0.1, 0.15) is 5.75 Å². The van der Waals surface area contributed by atoms with Crippen LogP contribution in [0.3, 0.4) is 0 Å². The Morgan fingerprint density at radius 1 is 1.35 bits per heavy atom. The fraction of sp³-hybridized carbons (Fsp3) is 0.308. The van der Waals surface area contributed by atoms with Crippen LogP contribution in [0.2, 0.25) is 0 Å². The van der Waals surface area contributed by atoms with Gasteiger partial charge in [-0.3, -0.25) is 4.79 Å². The van der Waals surface area contributed by atoms with E-state index in [1.807, 2.05) is 30.0 Å². The Kier molecular flexibility index (Phi) is 2.59. The number of ether oxygens (including phenoxy) is 1. The largest absolute Gasteiger partial charge is 0.497 e. The summed E-state index contributed by atoms with van der Waals surface area (Å²) in [6.45, 7) is 0. The average molecular weight is 247 g/mol. The fourth-order valence-corrected chi connectivity index (χ4v) is 3.30. The Labute approximate surface area is 103 Å². The van der Waals surface area contributed by atoms with Crippen molar-refractivity contribution in [3.63, 3.8) is 0 Å². The van der Waals surface area contributed by atoms with Crippen LogP contribution < -0.4 is 10.3 Å². The first kappa shape index (κ1) is 10.7. The Balaban J connectivity index is 2.34. The maximum Gasteiger partial charge on any atom is 0.252 e. The molecule has 1 N–H and O–H groups in total. The Morgan fingerprint density at radius 3 is 3.06 bits per heavy atom. The van der Waals surface area contributed by atoms with E-state index in [1.165, 1.54) is 5.56 Å². The van der Waals surface area contributed by atoms with Crippen molar-refractivity contribution < 1.29 is 4.74 Å². The molecule has 0 atom stereocenters. The summed E-state index contributed by atoms with van der Waals surface area (Å²) in [5.74, 6) is 2.70. The van der Waals surface area contributed by atoms with Gasteiger partial charge in [0.25, 0.3) is 5.56 Å². The zero-order chi connectivity index (χ0) is 11.8. The minimum absolute atomic E-state index is 0.0490. The van der Waals surface area contributed by atoms with Crippen LogP contribution in [0.25, 0.3) is 10.9 Å². The lowest BCUT2D eigenvalue weighted by atomic mass is 10.0. The molecule has 2 heterocycles. The molecule has 0 fully saturated rings. The highest BCUT2D eigenvalue weighted by Crippen LogP contribution is 2.29. The maximum atomic E-state index is 12.0. The highest BCUT2D eigenvalue weighted by atomic mass is 32.2. The number of benzene rings is 1. The molecule has 3 nitrogen and oxygen atoms in total. The van der Waals surface area contributed by atoms with Crippen LogP contribution in [0.1, 0.15) is 11.1 Å². The SMILES string of the molecule is COc1ccc2c3c(c(=O)[nH]c2c1)CSCC3. The third-order valence-electron chi connectivity index (χ3n) is 3.18. The Morgan fingerprint density at radius 2 is 2.24 bits per heavy atom. The van der Waals surface area contributed by atoms with Crippen molar-refractivity contribution in [1.82, 2.24) is 4.98 Å². The summed E-state index contributed by atoms with van der Waals surface area (Å²) >= 11 is 1.82. The lowest BCUT2D eigenvalue weighted by Gasteiger charge is -2.16. The van der Waals surface area contributed by atoms with Crippen LogP contribution in [-0.4, -0.2) is 17.8 Å². The molecule has 0 aliphatic carbocycles. The molecule has 0 spiro atoms. The molecular weight excluding hydrogens is 234 g/mol. The molecule has 4 heteroatoms. The van der Waals surface area contributed by atoms with Crippen LogP contribution in [0.15, 0.2) is 23.0 Å². The highest BCUT2D eigenvalue weighted by Gasteiger charge is 2.16. The molecule has 1 aliphatic rings. The number of methoxy groups -OCH3 is 1. The molecule has 0 bridgehead atoms. The van der Waals surface area contributed by atoms with Crippen molar-refractivity contribution in [3.05, 3.63) is 39.7 Å². The van der Waals surface area contributed by atoms with E-state index in [4.69, 9.17) is 4.74 Å². The number of aromatic amines is 1. The molecule has 0 amide bonds. The zero-order valence-corrected chi connectivity index (χ0v) is 10.4. The first-order valence-electron chi connectivity index (χ1n) is 5.59. The molecule has 0 unspecified atom stereocenters. The first-order chi connectivity index (χ1) is 8.29. The molecule has 1 aromatic heterocycles. The van der Waals surface area contributed by atoms with Gasteiger partial charge >= 0.3 is 0 Å². The molecule has 0 saturated carbocycles. The van der Waals surface area contributed by atoms with Crippen molar-refractivity contribution in [2.75, 3.05) is 12.9 Å². The molecule has 17 heavy (non-hydrogen) atoms. The van der Waals surface area contributed by atoms with Crippen LogP contribution in [0, 0.1) is 0 Å². The van der Waals surface area contributed by atoms with E-state index in [-0.39, 0.29) is 5.56 Å². The van der Waals surface area contributed by atoms with Crippen molar-refractivity contribution >= 4 is 22.7 Å². The summed E-state index contributed by atoms with van der Waals surface area (Å²) in [6, 6.07) is 5.88. The monoisotopic (exact) mass is 247 g/mol. The summed E-state index contributed by atoms with van der Waals surface area (Å²) in [6.07, 6.45) is 0.979. The van der Waals surface area contributed by atoms with Crippen molar-refractivity contribution in [2.45, 2.75) is 12.2 Å². The van der Waals surface area contributed by atoms with Gasteiger partial charge in [-0.15, -0.1) is 0 Å². The molecular formula is C13H13NO2S. The van der Waals surface area contributed by atoms with Crippen molar-refractivity contribution in [3.8, 4) is 5.75 Å². The van der Waals surface area contributed by atoms with Gasteiger partial charge < -0.3 is 9.72 Å². The Bertz CT molecular complexity index is 633. The highest BCUT2D eigenvalue weighted by molar-refractivity contribution is 7.98. The fourth-order valence-electron chi connectivity index (χ4n) is 2.30.